The van der Waals surface area contributed by atoms with Crippen molar-refractivity contribution in [1.82, 2.24) is 10.3 Å². The Hall–Kier alpha value is -2.52. The third kappa shape index (κ3) is 3.49. The second-order valence-electron chi connectivity index (χ2n) is 4.22. The molecule has 0 unspecified atom stereocenters. The van der Waals surface area contributed by atoms with Gasteiger partial charge in [-0.1, -0.05) is 12.1 Å². The van der Waals surface area contributed by atoms with Gasteiger partial charge in [0.25, 0.3) is 6.01 Å². The van der Waals surface area contributed by atoms with Gasteiger partial charge in [0.2, 0.25) is 5.91 Å². The maximum absolute atomic E-state index is 11.5. The van der Waals surface area contributed by atoms with Crippen molar-refractivity contribution < 1.29 is 9.21 Å². The lowest BCUT2D eigenvalue weighted by molar-refractivity contribution is -0.122. The highest BCUT2D eigenvalue weighted by Gasteiger charge is 2.10. The van der Waals surface area contributed by atoms with E-state index in [1.165, 1.54) is 0 Å². The molecule has 0 spiro atoms. The summed E-state index contributed by atoms with van der Waals surface area (Å²) in [5, 5.41) is 5.67. The van der Waals surface area contributed by atoms with E-state index in [0.29, 0.717) is 19.1 Å². The van der Waals surface area contributed by atoms with E-state index in [1.54, 1.807) is 0 Å². The minimum Gasteiger partial charge on any atom is -0.424 e. The maximum atomic E-state index is 11.5. The molecule has 20 heavy (non-hydrogen) atoms. The zero-order valence-electron chi connectivity index (χ0n) is 10.9. The zero-order chi connectivity index (χ0) is 14.4. The van der Waals surface area contributed by atoms with Crippen molar-refractivity contribution in [2.24, 2.45) is 5.73 Å². The van der Waals surface area contributed by atoms with E-state index in [-0.39, 0.29) is 12.3 Å². The lowest BCUT2D eigenvalue weighted by Crippen LogP contribution is -2.41. The summed E-state index contributed by atoms with van der Waals surface area (Å²) < 4.78 is 5.47. The quantitative estimate of drug-likeness (QED) is 0.532. The van der Waals surface area contributed by atoms with Crippen molar-refractivity contribution in [3.8, 4) is 12.3 Å². The summed E-state index contributed by atoms with van der Waals surface area (Å²) in [6.45, 7) is 0.900. The Kier molecular flexibility index (Phi) is 4.58. The highest BCUT2D eigenvalue weighted by molar-refractivity contribution is 5.81. The van der Waals surface area contributed by atoms with Crippen LogP contribution in [-0.4, -0.2) is 30.0 Å². The number of nitrogens with zero attached hydrogens (tertiary/aromatic N) is 1. The van der Waals surface area contributed by atoms with Gasteiger partial charge in [0.1, 0.15) is 5.52 Å². The number of rotatable bonds is 6. The van der Waals surface area contributed by atoms with Gasteiger partial charge in [-0.15, -0.1) is 12.3 Å². The number of terminal acetylenes is 1. The molecule has 0 saturated heterocycles. The number of carbonyl (C=O) groups is 1. The van der Waals surface area contributed by atoms with Gasteiger partial charge in [0.15, 0.2) is 5.58 Å². The van der Waals surface area contributed by atoms with E-state index in [2.05, 4.69) is 21.5 Å². The normalized spacial score (nSPS) is 11.8. The smallest absolute Gasteiger partial charge is 0.295 e. The molecule has 4 N–H and O–H groups in total. The molecular formula is C14H16N4O2. The average molecular weight is 272 g/mol. The highest BCUT2D eigenvalue weighted by atomic mass is 16.4. The fraction of sp³-hybridized carbons (Fsp3) is 0.286. The van der Waals surface area contributed by atoms with Crippen LogP contribution in [0.3, 0.4) is 0 Å². The molecule has 0 saturated carbocycles. The van der Waals surface area contributed by atoms with Crippen LogP contribution in [0, 0.1) is 12.3 Å². The van der Waals surface area contributed by atoms with Crippen molar-refractivity contribution in [3.05, 3.63) is 24.3 Å². The van der Waals surface area contributed by atoms with E-state index < -0.39 is 6.04 Å². The van der Waals surface area contributed by atoms with Crippen LogP contribution in [-0.2, 0) is 4.79 Å². The molecule has 1 amide bonds. The molecule has 0 aliphatic rings. The van der Waals surface area contributed by atoms with E-state index in [0.717, 1.165) is 11.1 Å². The molecular weight excluding hydrogens is 256 g/mol. The van der Waals surface area contributed by atoms with Crippen molar-refractivity contribution >= 4 is 23.0 Å². The lowest BCUT2D eigenvalue weighted by Gasteiger charge is -2.09. The predicted molar refractivity (Wildman–Crippen MR) is 76.9 cm³/mol. The Morgan fingerprint density at radius 1 is 1.45 bits per heavy atom. The second-order valence-corrected chi connectivity index (χ2v) is 4.22. The van der Waals surface area contributed by atoms with Gasteiger partial charge in [-0.05, 0) is 12.1 Å². The van der Waals surface area contributed by atoms with Gasteiger partial charge < -0.3 is 20.8 Å². The number of nitrogens with one attached hydrogen (secondary N) is 2. The summed E-state index contributed by atoms with van der Waals surface area (Å²) in [6.07, 6.45) is 5.32. The molecule has 1 atom stereocenters. The van der Waals surface area contributed by atoms with E-state index in [1.807, 2.05) is 24.3 Å². The number of aromatic nitrogens is 1. The number of amides is 1. The van der Waals surface area contributed by atoms with Crippen LogP contribution >= 0.6 is 0 Å². The Morgan fingerprint density at radius 3 is 3.00 bits per heavy atom. The Bertz CT molecular complexity index is 596. The molecule has 6 nitrogen and oxygen atoms in total. The number of hydrogen-bond donors (Lipinski definition) is 3. The molecule has 0 radical (unpaired) electrons. The first kappa shape index (κ1) is 13.9. The van der Waals surface area contributed by atoms with E-state index in [4.69, 9.17) is 16.6 Å². The molecule has 1 heterocycles. The van der Waals surface area contributed by atoms with Crippen LogP contribution in [0.5, 0.6) is 0 Å². The Morgan fingerprint density at radius 2 is 2.25 bits per heavy atom. The van der Waals surface area contributed by atoms with Crippen molar-refractivity contribution in [2.75, 3.05) is 18.4 Å². The molecule has 1 aromatic heterocycles. The van der Waals surface area contributed by atoms with Crippen LogP contribution in [0.25, 0.3) is 11.1 Å². The molecule has 0 bridgehead atoms. The standard InChI is InChI=1S/C14H16N4O2/c1-2-5-10(15)13(19)16-8-9-17-14-18-11-6-3-4-7-12(11)20-14/h1,3-4,6-7,10H,5,8-9,15H2,(H,16,19)(H,17,18)/t10-/m0/s1. The van der Waals surface area contributed by atoms with Gasteiger partial charge in [-0.2, -0.15) is 4.98 Å². The summed E-state index contributed by atoms with van der Waals surface area (Å²) >= 11 is 0. The predicted octanol–water partition coefficient (Wildman–Crippen LogP) is 0.707. The number of carbonyl (C=O) groups excluding carboxylic acids is 1. The molecule has 0 fully saturated rings. The topological polar surface area (TPSA) is 93.2 Å². The van der Waals surface area contributed by atoms with Gasteiger partial charge in [-0.3, -0.25) is 4.79 Å². The zero-order valence-corrected chi connectivity index (χ0v) is 10.9. The summed E-state index contributed by atoms with van der Waals surface area (Å²) in [6, 6.07) is 7.24. The van der Waals surface area contributed by atoms with E-state index in [9.17, 15) is 4.79 Å². The molecule has 2 aromatic rings. The van der Waals surface area contributed by atoms with E-state index >= 15 is 0 Å². The number of anilines is 1. The lowest BCUT2D eigenvalue weighted by atomic mass is 10.2. The van der Waals surface area contributed by atoms with Crippen LogP contribution in [0.2, 0.25) is 0 Å². The number of nitrogens with two attached hydrogens (primary N) is 1. The number of fused-ring (bicyclic) bond motifs is 1. The minimum atomic E-state index is -0.663. The molecule has 104 valence electrons. The average Bonchev–Trinajstić information content (AvgIpc) is 2.86. The summed E-state index contributed by atoms with van der Waals surface area (Å²) in [7, 11) is 0. The third-order valence-corrected chi connectivity index (χ3v) is 2.67. The molecule has 1 aromatic carbocycles. The van der Waals surface area contributed by atoms with Crippen LogP contribution < -0.4 is 16.4 Å². The highest BCUT2D eigenvalue weighted by Crippen LogP contribution is 2.17. The Balaban J connectivity index is 1.76. The monoisotopic (exact) mass is 272 g/mol. The first-order valence-electron chi connectivity index (χ1n) is 6.27. The second kappa shape index (κ2) is 6.59. The van der Waals surface area contributed by atoms with Gasteiger partial charge >= 0.3 is 0 Å². The summed E-state index contributed by atoms with van der Waals surface area (Å²) in [4.78, 5) is 15.7. The number of hydrogen-bond acceptors (Lipinski definition) is 5. The number of benzene rings is 1. The van der Waals surface area contributed by atoms with Gasteiger partial charge in [0.05, 0.1) is 6.04 Å². The maximum Gasteiger partial charge on any atom is 0.295 e. The van der Waals surface area contributed by atoms with Crippen molar-refractivity contribution in [3.63, 3.8) is 0 Å². The van der Waals surface area contributed by atoms with Crippen molar-refractivity contribution in [2.45, 2.75) is 12.5 Å². The van der Waals surface area contributed by atoms with Gasteiger partial charge in [-0.25, -0.2) is 0 Å². The SMILES string of the molecule is C#CC[C@H](N)C(=O)NCCNc1nc2ccccc2o1. The first-order valence-corrected chi connectivity index (χ1v) is 6.27. The third-order valence-electron chi connectivity index (χ3n) is 2.67. The molecule has 2 rings (SSSR count). The largest absolute Gasteiger partial charge is 0.424 e. The fourth-order valence-electron chi connectivity index (χ4n) is 1.65. The number of oxazole rings is 1. The van der Waals surface area contributed by atoms with Gasteiger partial charge in [0, 0.05) is 19.5 Å². The van der Waals surface area contributed by atoms with Crippen LogP contribution in [0.4, 0.5) is 6.01 Å². The molecule has 6 heteroatoms. The van der Waals surface area contributed by atoms with Crippen LogP contribution in [0.1, 0.15) is 6.42 Å². The summed E-state index contributed by atoms with van der Waals surface area (Å²) in [5.41, 5.74) is 7.07. The Labute approximate surface area is 116 Å². The number of para-hydroxylation sites is 2. The first-order chi connectivity index (χ1) is 9.70. The summed E-state index contributed by atoms with van der Waals surface area (Å²) in [5.74, 6) is 2.09. The fourth-order valence-corrected chi connectivity index (χ4v) is 1.65. The minimum absolute atomic E-state index is 0.227. The van der Waals surface area contributed by atoms with Crippen LogP contribution in [0.15, 0.2) is 28.7 Å². The van der Waals surface area contributed by atoms with Crippen molar-refractivity contribution in [1.29, 1.82) is 0 Å². The molecule has 0 aliphatic heterocycles. The molecule has 0 aliphatic carbocycles.